The Kier molecular flexibility index (Phi) is 4.27. The zero-order valence-corrected chi connectivity index (χ0v) is 11.5. The minimum absolute atomic E-state index is 0.189. The molecule has 2 aromatic carbocycles. The van der Waals surface area contributed by atoms with Crippen molar-refractivity contribution < 1.29 is 13.5 Å². The number of ether oxygens (including phenoxy) is 1. The Bertz CT molecular complexity index is 582. The summed E-state index contributed by atoms with van der Waals surface area (Å²) in [6, 6.07) is 8.38. The molecule has 0 saturated heterocycles. The van der Waals surface area contributed by atoms with Gasteiger partial charge in [0.1, 0.15) is 17.4 Å². The van der Waals surface area contributed by atoms with Gasteiger partial charge in [-0.15, -0.1) is 11.6 Å². The predicted molar refractivity (Wildman–Crippen MR) is 72.1 cm³/mol. The zero-order valence-electron chi connectivity index (χ0n) is 9.96. The van der Waals surface area contributed by atoms with Gasteiger partial charge in [0.25, 0.3) is 0 Å². The quantitative estimate of drug-likeness (QED) is 0.729. The first kappa shape index (κ1) is 14.1. The molecule has 0 aliphatic carbocycles. The maximum absolute atomic E-state index is 13.7. The SMILES string of the molecule is COc1ccc(C(Cl)c2c(F)cccc2F)cc1Cl. The number of hydrogen-bond donors (Lipinski definition) is 0. The minimum atomic E-state index is -0.954. The van der Waals surface area contributed by atoms with E-state index in [0.29, 0.717) is 16.3 Å². The Hall–Kier alpha value is -1.32. The molecule has 100 valence electrons. The van der Waals surface area contributed by atoms with Gasteiger partial charge in [-0.1, -0.05) is 23.7 Å². The summed E-state index contributed by atoms with van der Waals surface area (Å²) in [5.74, 6) is -0.901. The smallest absolute Gasteiger partial charge is 0.137 e. The molecule has 0 fully saturated rings. The van der Waals surface area contributed by atoms with Crippen LogP contribution in [0.3, 0.4) is 0 Å². The van der Waals surface area contributed by atoms with Crippen molar-refractivity contribution in [2.45, 2.75) is 5.38 Å². The molecule has 0 saturated carbocycles. The van der Waals surface area contributed by atoms with Crippen LogP contribution in [0.5, 0.6) is 5.75 Å². The zero-order chi connectivity index (χ0) is 14.0. The van der Waals surface area contributed by atoms with E-state index in [1.807, 2.05) is 0 Å². The van der Waals surface area contributed by atoms with Crippen molar-refractivity contribution in [3.63, 3.8) is 0 Å². The number of alkyl halides is 1. The molecular formula is C14H10Cl2F2O. The van der Waals surface area contributed by atoms with Crippen LogP contribution in [0.25, 0.3) is 0 Å². The van der Waals surface area contributed by atoms with Gasteiger partial charge in [-0.25, -0.2) is 8.78 Å². The van der Waals surface area contributed by atoms with Crippen LogP contribution < -0.4 is 4.74 Å². The Morgan fingerprint density at radius 2 is 1.74 bits per heavy atom. The van der Waals surface area contributed by atoms with Gasteiger partial charge in [0.2, 0.25) is 0 Å². The highest BCUT2D eigenvalue weighted by atomic mass is 35.5. The number of methoxy groups -OCH3 is 1. The van der Waals surface area contributed by atoms with E-state index in [4.69, 9.17) is 27.9 Å². The number of halogens is 4. The Labute approximate surface area is 119 Å². The van der Waals surface area contributed by atoms with E-state index >= 15 is 0 Å². The second-order valence-electron chi connectivity index (χ2n) is 3.89. The van der Waals surface area contributed by atoms with Crippen molar-refractivity contribution in [3.8, 4) is 5.75 Å². The van der Waals surface area contributed by atoms with Crippen LogP contribution in [0, 0.1) is 11.6 Å². The Morgan fingerprint density at radius 1 is 1.11 bits per heavy atom. The largest absolute Gasteiger partial charge is 0.495 e. The first-order valence-electron chi connectivity index (χ1n) is 5.46. The molecule has 1 unspecified atom stereocenters. The van der Waals surface area contributed by atoms with Crippen molar-refractivity contribution in [3.05, 3.63) is 64.2 Å². The third-order valence-electron chi connectivity index (χ3n) is 2.72. The van der Waals surface area contributed by atoms with Crippen molar-refractivity contribution in [2.24, 2.45) is 0 Å². The predicted octanol–water partition coefficient (Wildman–Crippen LogP) is 4.96. The maximum Gasteiger partial charge on any atom is 0.137 e. The number of hydrogen-bond acceptors (Lipinski definition) is 1. The lowest BCUT2D eigenvalue weighted by atomic mass is 10.0. The lowest BCUT2D eigenvalue weighted by Crippen LogP contribution is -2.01. The van der Waals surface area contributed by atoms with Gasteiger partial charge >= 0.3 is 0 Å². The highest BCUT2D eigenvalue weighted by Gasteiger charge is 2.20. The van der Waals surface area contributed by atoms with Gasteiger partial charge in [-0.3, -0.25) is 0 Å². The lowest BCUT2D eigenvalue weighted by molar-refractivity contribution is 0.415. The highest BCUT2D eigenvalue weighted by Crippen LogP contribution is 2.35. The average molecular weight is 303 g/mol. The van der Waals surface area contributed by atoms with Crippen LogP contribution in [0.15, 0.2) is 36.4 Å². The molecule has 0 amide bonds. The summed E-state index contributed by atoms with van der Waals surface area (Å²) in [6.07, 6.45) is 0. The first-order chi connectivity index (χ1) is 9.04. The third-order valence-corrected chi connectivity index (χ3v) is 3.49. The highest BCUT2D eigenvalue weighted by molar-refractivity contribution is 6.32. The van der Waals surface area contributed by atoms with Crippen LogP contribution in [-0.4, -0.2) is 7.11 Å². The van der Waals surface area contributed by atoms with Gasteiger partial charge in [-0.2, -0.15) is 0 Å². The van der Waals surface area contributed by atoms with E-state index in [1.54, 1.807) is 12.1 Å². The maximum atomic E-state index is 13.7. The molecule has 0 bridgehead atoms. The van der Waals surface area contributed by atoms with E-state index in [1.165, 1.54) is 31.4 Å². The summed E-state index contributed by atoms with van der Waals surface area (Å²) >= 11 is 12.1. The molecule has 0 aliphatic heterocycles. The Balaban J connectivity index is 2.44. The molecule has 5 heteroatoms. The Morgan fingerprint density at radius 3 is 2.26 bits per heavy atom. The normalized spacial score (nSPS) is 12.3. The molecule has 2 aromatic rings. The van der Waals surface area contributed by atoms with Crippen molar-refractivity contribution in [1.82, 2.24) is 0 Å². The number of rotatable bonds is 3. The van der Waals surface area contributed by atoms with Crippen LogP contribution in [0.1, 0.15) is 16.5 Å². The van der Waals surface area contributed by atoms with Crippen molar-refractivity contribution in [2.75, 3.05) is 7.11 Å². The van der Waals surface area contributed by atoms with Crippen LogP contribution in [-0.2, 0) is 0 Å². The van der Waals surface area contributed by atoms with E-state index in [9.17, 15) is 8.78 Å². The molecule has 19 heavy (non-hydrogen) atoms. The summed E-state index contributed by atoms with van der Waals surface area (Å²) < 4.78 is 32.3. The van der Waals surface area contributed by atoms with Crippen molar-refractivity contribution in [1.29, 1.82) is 0 Å². The monoisotopic (exact) mass is 302 g/mol. The van der Waals surface area contributed by atoms with Gasteiger partial charge in [0, 0.05) is 5.56 Å². The van der Waals surface area contributed by atoms with Crippen molar-refractivity contribution >= 4 is 23.2 Å². The minimum Gasteiger partial charge on any atom is -0.495 e. The second kappa shape index (κ2) is 5.76. The van der Waals surface area contributed by atoms with Crippen LogP contribution in [0.4, 0.5) is 8.78 Å². The standard InChI is InChI=1S/C14H10Cl2F2O/c1-19-12-6-5-8(7-9(12)15)14(16)13-10(17)3-2-4-11(13)18/h2-7,14H,1H3. The fraction of sp³-hybridized carbons (Fsp3) is 0.143. The van der Waals surface area contributed by atoms with E-state index in [-0.39, 0.29) is 5.56 Å². The van der Waals surface area contributed by atoms with Crippen LogP contribution in [0.2, 0.25) is 5.02 Å². The molecule has 0 aliphatic rings. The summed E-state index contributed by atoms with van der Waals surface area (Å²) in [4.78, 5) is 0. The fourth-order valence-electron chi connectivity index (χ4n) is 1.76. The molecule has 0 N–H and O–H groups in total. The molecule has 1 nitrogen and oxygen atoms in total. The molecule has 2 rings (SSSR count). The van der Waals surface area contributed by atoms with E-state index in [0.717, 1.165) is 0 Å². The first-order valence-corrected chi connectivity index (χ1v) is 6.27. The van der Waals surface area contributed by atoms with Crippen LogP contribution >= 0.6 is 23.2 Å². The van der Waals surface area contributed by atoms with Gasteiger partial charge in [0.05, 0.1) is 17.5 Å². The molecule has 0 radical (unpaired) electrons. The summed E-state index contributed by atoms with van der Waals surface area (Å²) in [7, 11) is 1.48. The molecule has 0 spiro atoms. The van der Waals surface area contributed by atoms with Gasteiger partial charge in [0.15, 0.2) is 0 Å². The van der Waals surface area contributed by atoms with E-state index < -0.39 is 17.0 Å². The molecular weight excluding hydrogens is 293 g/mol. The van der Waals surface area contributed by atoms with Gasteiger partial charge in [-0.05, 0) is 29.8 Å². The molecule has 0 aromatic heterocycles. The summed E-state index contributed by atoms with van der Waals surface area (Å²) in [5.41, 5.74) is 0.307. The van der Waals surface area contributed by atoms with Gasteiger partial charge < -0.3 is 4.74 Å². The average Bonchev–Trinajstić information content (AvgIpc) is 2.38. The topological polar surface area (TPSA) is 9.23 Å². The fourth-order valence-corrected chi connectivity index (χ4v) is 2.37. The second-order valence-corrected chi connectivity index (χ2v) is 4.74. The third kappa shape index (κ3) is 2.82. The molecule has 0 heterocycles. The lowest BCUT2D eigenvalue weighted by Gasteiger charge is -2.13. The number of benzene rings is 2. The molecule has 1 atom stereocenters. The summed E-state index contributed by atoms with van der Waals surface area (Å²) in [5, 5.41) is -0.619. The summed E-state index contributed by atoms with van der Waals surface area (Å²) in [6.45, 7) is 0. The van der Waals surface area contributed by atoms with E-state index in [2.05, 4.69) is 0 Å².